The summed E-state index contributed by atoms with van der Waals surface area (Å²) < 4.78 is 21.7. The van der Waals surface area contributed by atoms with Crippen LogP contribution in [-0.4, -0.2) is 74.0 Å². The molecule has 38 heavy (non-hydrogen) atoms. The van der Waals surface area contributed by atoms with Gasteiger partial charge in [-0.25, -0.2) is 0 Å². The molecule has 0 saturated heterocycles. The average molecular weight is 517 g/mol. The number of carbonyl (C=O) groups is 4. The first-order valence-electron chi connectivity index (χ1n) is 11.9. The number of hydrogen-bond acceptors (Lipinski definition) is 8. The predicted molar refractivity (Wildman–Crippen MR) is 134 cm³/mol. The first kappa shape index (κ1) is 25.1. The summed E-state index contributed by atoms with van der Waals surface area (Å²) in [6, 6.07) is 16.3. The Morgan fingerprint density at radius 1 is 0.500 bits per heavy atom. The van der Waals surface area contributed by atoms with E-state index in [1.807, 2.05) is 0 Å². The standard InChI is InChI=1S/C28H24N2O8/c1-35-13-11-29-25(31)21-9-7-19(15-23(21)27(29)33)37-17-3-5-18(6-4-17)38-20-8-10-22-24(16-20)28(34)30(26(22)32)12-14-36-2/h3-10,15-16H,11-14H2,1-2H3. The fourth-order valence-corrected chi connectivity index (χ4v) is 4.29. The van der Waals surface area contributed by atoms with E-state index in [9.17, 15) is 19.2 Å². The molecule has 0 atom stereocenters. The van der Waals surface area contributed by atoms with Gasteiger partial charge in [-0.3, -0.25) is 29.0 Å². The summed E-state index contributed by atoms with van der Waals surface area (Å²) in [5.74, 6) is 0.340. The molecule has 0 bridgehead atoms. The third-order valence-corrected chi connectivity index (χ3v) is 6.22. The van der Waals surface area contributed by atoms with Crippen molar-refractivity contribution in [1.29, 1.82) is 0 Å². The topological polar surface area (TPSA) is 112 Å². The third kappa shape index (κ3) is 4.62. The van der Waals surface area contributed by atoms with Crippen LogP contribution in [0.15, 0.2) is 60.7 Å². The van der Waals surface area contributed by atoms with Gasteiger partial charge in [0, 0.05) is 14.2 Å². The van der Waals surface area contributed by atoms with Gasteiger partial charge < -0.3 is 18.9 Å². The molecule has 0 unspecified atom stereocenters. The minimum atomic E-state index is -0.382. The van der Waals surface area contributed by atoms with E-state index in [1.165, 1.54) is 14.2 Å². The summed E-state index contributed by atoms with van der Waals surface area (Å²) in [4.78, 5) is 52.5. The summed E-state index contributed by atoms with van der Waals surface area (Å²) in [6.07, 6.45) is 0. The maximum absolute atomic E-state index is 12.6. The van der Waals surface area contributed by atoms with Gasteiger partial charge in [0.1, 0.15) is 23.0 Å². The number of carbonyl (C=O) groups excluding carboxylic acids is 4. The summed E-state index contributed by atoms with van der Waals surface area (Å²) in [5.41, 5.74) is 1.24. The van der Waals surface area contributed by atoms with Crippen molar-refractivity contribution in [3.8, 4) is 23.0 Å². The van der Waals surface area contributed by atoms with E-state index in [1.54, 1.807) is 60.7 Å². The van der Waals surface area contributed by atoms with Crippen LogP contribution in [0.2, 0.25) is 0 Å². The molecule has 0 aliphatic carbocycles. The zero-order valence-corrected chi connectivity index (χ0v) is 20.8. The Hall–Kier alpha value is -4.54. The molecule has 0 saturated carbocycles. The second-order valence-corrected chi connectivity index (χ2v) is 8.60. The van der Waals surface area contributed by atoms with E-state index in [0.717, 1.165) is 9.80 Å². The molecule has 3 aromatic carbocycles. The second kappa shape index (κ2) is 10.4. The Morgan fingerprint density at radius 3 is 1.21 bits per heavy atom. The molecule has 5 rings (SSSR count). The number of amides is 4. The van der Waals surface area contributed by atoms with E-state index >= 15 is 0 Å². The SMILES string of the molecule is COCCN1C(=O)c2ccc(Oc3ccc(Oc4ccc5c(c4)C(=O)N(CCOC)C5=O)cc3)cc2C1=O. The second-order valence-electron chi connectivity index (χ2n) is 8.60. The molecular weight excluding hydrogens is 492 g/mol. The Labute approximate surface area is 218 Å². The van der Waals surface area contributed by atoms with Gasteiger partial charge >= 0.3 is 0 Å². The average Bonchev–Trinajstić information content (AvgIpc) is 3.30. The maximum atomic E-state index is 12.6. The van der Waals surface area contributed by atoms with E-state index < -0.39 is 0 Å². The molecule has 194 valence electrons. The Kier molecular flexibility index (Phi) is 6.91. The third-order valence-electron chi connectivity index (χ3n) is 6.22. The molecule has 3 aromatic rings. The van der Waals surface area contributed by atoms with E-state index in [2.05, 4.69) is 0 Å². The fraction of sp³-hybridized carbons (Fsp3) is 0.214. The van der Waals surface area contributed by atoms with Gasteiger partial charge in [0.25, 0.3) is 23.6 Å². The fourth-order valence-electron chi connectivity index (χ4n) is 4.29. The lowest BCUT2D eigenvalue weighted by atomic mass is 10.1. The van der Waals surface area contributed by atoms with Crippen molar-refractivity contribution in [3.05, 3.63) is 82.9 Å². The van der Waals surface area contributed by atoms with E-state index in [0.29, 0.717) is 34.1 Å². The summed E-state index contributed by atoms with van der Waals surface area (Å²) >= 11 is 0. The van der Waals surface area contributed by atoms with E-state index in [-0.39, 0.29) is 61.1 Å². The quantitative estimate of drug-likeness (QED) is 0.375. The van der Waals surface area contributed by atoms with Crippen LogP contribution in [0, 0.1) is 0 Å². The summed E-state index contributed by atoms with van der Waals surface area (Å²) in [6.45, 7) is 0.883. The molecule has 4 amide bonds. The van der Waals surface area contributed by atoms with Crippen LogP contribution in [0.25, 0.3) is 0 Å². The van der Waals surface area contributed by atoms with Gasteiger partial charge in [-0.2, -0.15) is 0 Å². The minimum Gasteiger partial charge on any atom is -0.457 e. The van der Waals surface area contributed by atoms with Crippen LogP contribution in [0.4, 0.5) is 0 Å². The minimum absolute atomic E-state index is 0.182. The van der Waals surface area contributed by atoms with Gasteiger partial charge in [0.2, 0.25) is 0 Å². The van der Waals surface area contributed by atoms with Crippen LogP contribution in [0.1, 0.15) is 41.4 Å². The van der Waals surface area contributed by atoms with Crippen LogP contribution in [0.5, 0.6) is 23.0 Å². The van der Waals surface area contributed by atoms with Crippen LogP contribution in [-0.2, 0) is 9.47 Å². The molecule has 2 aliphatic heterocycles. The van der Waals surface area contributed by atoms with Gasteiger partial charge in [0.15, 0.2) is 0 Å². The van der Waals surface area contributed by atoms with Crippen molar-refractivity contribution < 1.29 is 38.1 Å². The lowest BCUT2D eigenvalue weighted by Gasteiger charge is -2.12. The maximum Gasteiger partial charge on any atom is 0.261 e. The molecule has 0 fully saturated rings. The molecule has 2 aliphatic rings. The van der Waals surface area contributed by atoms with Crippen LogP contribution in [0.3, 0.4) is 0 Å². The number of rotatable bonds is 10. The van der Waals surface area contributed by atoms with Crippen molar-refractivity contribution in [1.82, 2.24) is 9.80 Å². The zero-order chi connectivity index (χ0) is 26.8. The zero-order valence-electron chi connectivity index (χ0n) is 20.8. The Bertz CT molecular complexity index is 1320. The number of imide groups is 2. The van der Waals surface area contributed by atoms with E-state index in [4.69, 9.17) is 18.9 Å². The summed E-state index contributed by atoms with van der Waals surface area (Å²) in [5, 5.41) is 0. The molecule has 10 heteroatoms. The highest BCUT2D eigenvalue weighted by atomic mass is 16.5. The number of methoxy groups -OCH3 is 2. The van der Waals surface area contributed by atoms with Gasteiger partial charge in [0.05, 0.1) is 48.6 Å². The van der Waals surface area contributed by atoms with Crippen molar-refractivity contribution in [3.63, 3.8) is 0 Å². The normalized spacial score (nSPS) is 14.3. The molecule has 0 aromatic heterocycles. The first-order chi connectivity index (χ1) is 18.4. The van der Waals surface area contributed by atoms with Crippen molar-refractivity contribution in [2.24, 2.45) is 0 Å². The number of nitrogens with zero attached hydrogens (tertiary/aromatic N) is 2. The largest absolute Gasteiger partial charge is 0.457 e. The Balaban J connectivity index is 1.25. The van der Waals surface area contributed by atoms with Gasteiger partial charge in [-0.15, -0.1) is 0 Å². The van der Waals surface area contributed by atoms with Crippen molar-refractivity contribution in [2.75, 3.05) is 40.5 Å². The van der Waals surface area contributed by atoms with Crippen LogP contribution >= 0.6 is 0 Å². The lowest BCUT2D eigenvalue weighted by molar-refractivity contribution is 0.0589. The molecule has 0 radical (unpaired) electrons. The van der Waals surface area contributed by atoms with Gasteiger partial charge in [-0.05, 0) is 60.7 Å². The number of fused-ring (bicyclic) bond motifs is 2. The highest BCUT2D eigenvalue weighted by molar-refractivity contribution is 6.22. The Morgan fingerprint density at radius 2 is 0.842 bits per heavy atom. The molecular formula is C28H24N2O8. The molecule has 0 N–H and O–H groups in total. The van der Waals surface area contributed by atoms with Gasteiger partial charge in [-0.1, -0.05) is 0 Å². The predicted octanol–water partition coefficient (Wildman–Crippen LogP) is 3.76. The van der Waals surface area contributed by atoms with Crippen molar-refractivity contribution >= 4 is 23.6 Å². The highest BCUT2D eigenvalue weighted by Crippen LogP contribution is 2.32. The number of benzene rings is 3. The first-order valence-corrected chi connectivity index (χ1v) is 11.9. The number of hydrogen-bond donors (Lipinski definition) is 0. The van der Waals surface area contributed by atoms with Crippen LogP contribution < -0.4 is 9.47 Å². The molecule has 10 nitrogen and oxygen atoms in total. The summed E-state index contributed by atoms with van der Waals surface area (Å²) in [7, 11) is 3.01. The highest BCUT2D eigenvalue weighted by Gasteiger charge is 2.36. The molecule has 2 heterocycles. The smallest absolute Gasteiger partial charge is 0.261 e. The van der Waals surface area contributed by atoms with Crippen molar-refractivity contribution in [2.45, 2.75) is 0 Å². The molecule has 0 spiro atoms. The lowest BCUT2D eigenvalue weighted by Crippen LogP contribution is -2.32. The number of ether oxygens (including phenoxy) is 4. The monoisotopic (exact) mass is 516 g/mol.